The Morgan fingerprint density at radius 1 is 0.957 bits per heavy atom. The molecule has 4 atom stereocenters. The number of anilines is 1. The van der Waals surface area contributed by atoms with Gasteiger partial charge in [-0.25, -0.2) is 13.3 Å². The molecule has 0 aromatic heterocycles. The predicted molar refractivity (Wildman–Crippen MR) is 80.1 cm³/mol. The first kappa shape index (κ1) is 13.7. The molecule has 2 bridgehead atoms. The monoisotopic (exact) mass is 333 g/mol. The van der Waals surface area contributed by atoms with E-state index in [2.05, 4.69) is 0 Å². The SMILES string of the molecule is O=C1C2C3CCC(O3)C2C(=O)N1c1ccc2c(c1)CS(=O)(=O)C2. The molecule has 5 rings (SSSR count). The molecule has 4 unspecified atom stereocenters. The zero-order valence-electron chi connectivity index (χ0n) is 12.3. The van der Waals surface area contributed by atoms with Crippen LogP contribution in [0.4, 0.5) is 5.69 Å². The van der Waals surface area contributed by atoms with E-state index in [4.69, 9.17) is 4.74 Å². The first-order valence-corrected chi connectivity index (χ1v) is 9.62. The van der Waals surface area contributed by atoms with E-state index in [1.54, 1.807) is 18.2 Å². The molecule has 4 aliphatic heterocycles. The number of hydrogen-bond acceptors (Lipinski definition) is 5. The maximum atomic E-state index is 12.7. The van der Waals surface area contributed by atoms with Crippen LogP contribution in [-0.4, -0.2) is 32.4 Å². The summed E-state index contributed by atoms with van der Waals surface area (Å²) >= 11 is 0. The molecule has 0 radical (unpaired) electrons. The Hall–Kier alpha value is -1.73. The number of ether oxygens (including phenoxy) is 1. The van der Waals surface area contributed by atoms with Crippen LogP contribution < -0.4 is 4.90 Å². The number of benzene rings is 1. The molecule has 0 spiro atoms. The van der Waals surface area contributed by atoms with Gasteiger partial charge in [-0.3, -0.25) is 9.59 Å². The fraction of sp³-hybridized carbons (Fsp3) is 0.500. The largest absolute Gasteiger partial charge is 0.373 e. The molecule has 3 saturated heterocycles. The fourth-order valence-corrected chi connectivity index (χ4v) is 6.12. The highest BCUT2D eigenvalue weighted by Gasteiger charge is 2.62. The number of fused-ring (bicyclic) bond motifs is 6. The van der Waals surface area contributed by atoms with Crippen molar-refractivity contribution >= 4 is 27.3 Å². The number of amides is 2. The second kappa shape index (κ2) is 4.21. The predicted octanol–water partition coefficient (Wildman–Crippen LogP) is 0.782. The average Bonchev–Trinajstić information content (AvgIpc) is 3.20. The van der Waals surface area contributed by atoms with Gasteiger partial charge in [0.1, 0.15) is 0 Å². The summed E-state index contributed by atoms with van der Waals surface area (Å²) in [5.41, 5.74) is 1.94. The highest BCUT2D eigenvalue weighted by atomic mass is 32.2. The number of imide groups is 1. The molecule has 0 N–H and O–H groups in total. The number of nitrogens with zero attached hydrogens (tertiary/aromatic N) is 1. The van der Waals surface area contributed by atoms with E-state index in [1.807, 2.05) is 0 Å². The lowest BCUT2D eigenvalue weighted by Gasteiger charge is -2.18. The quantitative estimate of drug-likeness (QED) is 0.710. The van der Waals surface area contributed by atoms with E-state index in [0.29, 0.717) is 11.3 Å². The van der Waals surface area contributed by atoms with Gasteiger partial charge in [0.2, 0.25) is 11.8 Å². The van der Waals surface area contributed by atoms with Crippen LogP contribution in [0.2, 0.25) is 0 Å². The third-order valence-corrected chi connectivity index (χ3v) is 6.98. The van der Waals surface area contributed by atoms with Crippen molar-refractivity contribution in [2.45, 2.75) is 36.6 Å². The summed E-state index contributed by atoms with van der Waals surface area (Å²) in [4.78, 5) is 26.7. The summed E-state index contributed by atoms with van der Waals surface area (Å²) in [6.07, 6.45) is 1.39. The second-order valence-corrected chi connectivity index (χ2v) is 8.90. The smallest absolute Gasteiger partial charge is 0.240 e. The molecular formula is C16H15NO5S. The Kier molecular flexibility index (Phi) is 2.51. The Morgan fingerprint density at radius 2 is 1.57 bits per heavy atom. The van der Waals surface area contributed by atoms with Crippen LogP contribution in [0, 0.1) is 11.8 Å². The molecule has 4 heterocycles. The first-order chi connectivity index (χ1) is 10.9. The van der Waals surface area contributed by atoms with Gasteiger partial charge in [-0.05, 0) is 36.1 Å². The third-order valence-electron chi connectivity index (χ3n) is 5.48. The van der Waals surface area contributed by atoms with Crippen molar-refractivity contribution in [3.63, 3.8) is 0 Å². The lowest BCUT2D eigenvalue weighted by molar-refractivity contribution is -0.124. The Bertz CT molecular complexity index is 833. The van der Waals surface area contributed by atoms with Crippen LogP contribution >= 0.6 is 0 Å². The van der Waals surface area contributed by atoms with E-state index in [9.17, 15) is 18.0 Å². The molecule has 4 aliphatic rings. The van der Waals surface area contributed by atoms with Crippen LogP contribution in [0.5, 0.6) is 0 Å². The van der Waals surface area contributed by atoms with E-state index in [-0.39, 0.29) is 47.4 Å². The summed E-state index contributed by atoms with van der Waals surface area (Å²) < 4.78 is 29.2. The average molecular weight is 333 g/mol. The maximum absolute atomic E-state index is 12.7. The van der Waals surface area contributed by atoms with Crippen molar-refractivity contribution in [2.24, 2.45) is 11.8 Å². The van der Waals surface area contributed by atoms with Crippen molar-refractivity contribution < 1.29 is 22.7 Å². The van der Waals surface area contributed by atoms with Crippen molar-refractivity contribution in [3.8, 4) is 0 Å². The Balaban J connectivity index is 1.54. The number of sulfone groups is 1. The Morgan fingerprint density at radius 3 is 2.22 bits per heavy atom. The molecule has 0 saturated carbocycles. The molecule has 1 aromatic rings. The summed E-state index contributed by atoms with van der Waals surface area (Å²) in [5, 5.41) is 0. The molecule has 2 amide bonds. The van der Waals surface area contributed by atoms with Crippen LogP contribution in [0.15, 0.2) is 18.2 Å². The number of carbonyl (C=O) groups is 2. The summed E-state index contributed by atoms with van der Waals surface area (Å²) in [6, 6.07) is 5.08. The van der Waals surface area contributed by atoms with Crippen molar-refractivity contribution in [1.29, 1.82) is 0 Å². The molecule has 120 valence electrons. The van der Waals surface area contributed by atoms with Crippen LogP contribution in [0.1, 0.15) is 24.0 Å². The minimum Gasteiger partial charge on any atom is -0.373 e. The number of hydrogen-bond donors (Lipinski definition) is 0. The maximum Gasteiger partial charge on any atom is 0.240 e. The molecule has 6 nitrogen and oxygen atoms in total. The van der Waals surface area contributed by atoms with Gasteiger partial charge >= 0.3 is 0 Å². The zero-order valence-corrected chi connectivity index (χ0v) is 13.1. The summed E-state index contributed by atoms with van der Waals surface area (Å²) in [7, 11) is -3.10. The van der Waals surface area contributed by atoms with Gasteiger partial charge in [-0.2, -0.15) is 0 Å². The van der Waals surface area contributed by atoms with Gasteiger partial charge in [0, 0.05) is 0 Å². The molecule has 3 fully saturated rings. The van der Waals surface area contributed by atoms with Gasteiger partial charge in [0.15, 0.2) is 9.84 Å². The van der Waals surface area contributed by atoms with Crippen LogP contribution in [0.3, 0.4) is 0 Å². The van der Waals surface area contributed by atoms with E-state index >= 15 is 0 Å². The van der Waals surface area contributed by atoms with Gasteiger partial charge in [-0.1, -0.05) is 6.07 Å². The third kappa shape index (κ3) is 1.74. The highest BCUT2D eigenvalue weighted by molar-refractivity contribution is 7.90. The highest BCUT2D eigenvalue weighted by Crippen LogP contribution is 2.49. The van der Waals surface area contributed by atoms with Gasteiger partial charge in [0.05, 0.1) is 41.2 Å². The lowest BCUT2D eigenvalue weighted by Crippen LogP contribution is -2.34. The fourth-order valence-electron chi connectivity index (χ4n) is 4.52. The minimum absolute atomic E-state index is 0.0202. The normalized spacial score (nSPS) is 36.6. The minimum atomic E-state index is -3.10. The van der Waals surface area contributed by atoms with Crippen LogP contribution in [0.25, 0.3) is 0 Å². The summed E-state index contributed by atoms with van der Waals surface area (Å²) in [6.45, 7) is 0. The standard InChI is InChI=1S/C16H15NO5S/c18-15-13-11-3-4-12(22-11)14(13)16(19)17(15)10-2-1-8-6-23(20,21)7-9(8)5-10/h1-2,5,11-14H,3-4,6-7H2. The zero-order chi connectivity index (χ0) is 15.9. The van der Waals surface area contributed by atoms with Crippen molar-refractivity contribution in [3.05, 3.63) is 29.3 Å². The topological polar surface area (TPSA) is 80.8 Å². The second-order valence-electron chi connectivity index (χ2n) is 6.84. The van der Waals surface area contributed by atoms with Gasteiger partial charge in [-0.15, -0.1) is 0 Å². The molecule has 1 aromatic carbocycles. The van der Waals surface area contributed by atoms with Gasteiger partial charge < -0.3 is 4.74 Å². The van der Waals surface area contributed by atoms with E-state index in [1.165, 1.54) is 4.90 Å². The van der Waals surface area contributed by atoms with E-state index < -0.39 is 9.84 Å². The molecular weight excluding hydrogens is 318 g/mol. The first-order valence-electron chi connectivity index (χ1n) is 7.80. The van der Waals surface area contributed by atoms with Gasteiger partial charge in [0.25, 0.3) is 0 Å². The molecule has 0 aliphatic carbocycles. The molecule has 23 heavy (non-hydrogen) atoms. The Labute approximate surface area is 133 Å². The number of carbonyl (C=O) groups excluding carboxylic acids is 2. The lowest BCUT2D eigenvalue weighted by atomic mass is 9.81. The number of rotatable bonds is 1. The van der Waals surface area contributed by atoms with Crippen molar-refractivity contribution in [2.75, 3.05) is 4.90 Å². The molecule has 7 heteroatoms. The summed E-state index contributed by atoms with van der Waals surface area (Å²) in [5.74, 6) is -1.11. The van der Waals surface area contributed by atoms with E-state index in [0.717, 1.165) is 18.4 Å². The van der Waals surface area contributed by atoms with Crippen molar-refractivity contribution in [1.82, 2.24) is 0 Å². The van der Waals surface area contributed by atoms with Crippen LogP contribution in [-0.2, 0) is 35.7 Å².